The Balaban J connectivity index is 1.53. The fourth-order valence-electron chi connectivity index (χ4n) is 6.13. The van der Waals surface area contributed by atoms with Gasteiger partial charge in [-0.25, -0.2) is 0 Å². The Hall–Kier alpha value is -0.280. The van der Waals surface area contributed by atoms with E-state index in [1.54, 1.807) is 0 Å². The lowest BCUT2D eigenvalue weighted by atomic mass is 9.65. The average Bonchev–Trinajstić information content (AvgIpc) is 2.67. The molecule has 0 amide bonds. The maximum Gasteiger partial charge on any atom is 0.173 e. The van der Waals surface area contributed by atoms with Gasteiger partial charge in [0.15, 0.2) is 6.29 Å². The van der Waals surface area contributed by atoms with Crippen LogP contribution in [-0.2, 0) is 4.74 Å². The van der Waals surface area contributed by atoms with Crippen molar-refractivity contribution in [1.82, 2.24) is 5.32 Å². The molecule has 0 aromatic rings. The molecule has 4 unspecified atom stereocenters. The van der Waals surface area contributed by atoms with Gasteiger partial charge in [-0.05, 0) is 38.5 Å². The molecule has 0 bridgehead atoms. The average molecular weight is 371 g/mol. The largest absolute Gasteiger partial charge is 0.394 e. The first kappa shape index (κ1) is 19.1. The van der Waals surface area contributed by atoms with Gasteiger partial charge < -0.3 is 35.8 Å². The predicted molar refractivity (Wildman–Crippen MR) is 94.1 cm³/mol. The standard InChI is InChI=1S/C19H34N2O5/c22-9-14-17(23)18(24)16(19(25)26-14)21-15-10-5-1-3-7-12(10)20-13-8-4-2-6-11(13)15/h10-25H,1-9H2/p+1/t10?,11?,12?,13?,14-,15?,16+,17+,18+,19-/m0/s1. The number of aliphatic hydroxyl groups is 4. The third kappa shape index (κ3) is 3.43. The van der Waals surface area contributed by atoms with E-state index < -0.39 is 37.3 Å². The van der Waals surface area contributed by atoms with Crippen LogP contribution in [0.1, 0.15) is 51.4 Å². The summed E-state index contributed by atoms with van der Waals surface area (Å²) >= 11 is 0. The van der Waals surface area contributed by atoms with Crippen LogP contribution in [0.5, 0.6) is 0 Å². The van der Waals surface area contributed by atoms with Gasteiger partial charge in [0, 0.05) is 17.9 Å². The number of piperidine rings is 1. The Morgan fingerprint density at radius 1 is 0.808 bits per heavy atom. The minimum atomic E-state index is -1.22. The summed E-state index contributed by atoms with van der Waals surface area (Å²) in [5.74, 6) is 1.07. The predicted octanol–water partition coefficient (Wildman–Crippen LogP) is -1.56. The summed E-state index contributed by atoms with van der Waals surface area (Å²) in [4.78, 5) is 0. The molecule has 4 fully saturated rings. The number of nitrogens with two attached hydrogens (primary N) is 1. The molecule has 150 valence electrons. The van der Waals surface area contributed by atoms with E-state index in [2.05, 4.69) is 10.6 Å². The molecule has 4 aliphatic rings. The smallest absolute Gasteiger partial charge is 0.173 e. The van der Waals surface area contributed by atoms with Crippen molar-refractivity contribution in [3.8, 4) is 0 Å². The number of ether oxygens (including phenoxy) is 1. The second-order valence-electron chi connectivity index (χ2n) is 8.86. The molecular weight excluding hydrogens is 336 g/mol. The van der Waals surface area contributed by atoms with E-state index in [0.29, 0.717) is 23.9 Å². The van der Waals surface area contributed by atoms with E-state index in [9.17, 15) is 20.4 Å². The van der Waals surface area contributed by atoms with Gasteiger partial charge in [0.25, 0.3) is 0 Å². The first-order valence-corrected chi connectivity index (χ1v) is 10.5. The number of hydrogen-bond donors (Lipinski definition) is 6. The first-order valence-electron chi connectivity index (χ1n) is 10.5. The van der Waals surface area contributed by atoms with Gasteiger partial charge in [-0.2, -0.15) is 0 Å². The van der Waals surface area contributed by atoms with E-state index in [-0.39, 0.29) is 6.04 Å². The van der Waals surface area contributed by atoms with Crippen molar-refractivity contribution in [3.05, 3.63) is 0 Å². The molecule has 2 aliphatic heterocycles. The van der Waals surface area contributed by atoms with Gasteiger partial charge >= 0.3 is 0 Å². The van der Waals surface area contributed by atoms with Crippen molar-refractivity contribution in [3.63, 3.8) is 0 Å². The van der Waals surface area contributed by atoms with Gasteiger partial charge in [-0.15, -0.1) is 0 Å². The van der Waals surface area contributed by atoms with Crippen LogP contribution in [0.3, 0.4) is 0 Å². The molecule has 7 nitrogen and oxygen atoms in total. The number of rotatable bonds is 3. The zero-order chi connectivity index (χ0) is 18.3. The number of nitrogens with one attached hydrogen (secondary N) is 1. The van der Waals surface area contributed by atoms with Gasteiger partial charge in [-0.3, -0.25) is 0 Å². The summed E-state index contributed by atoms with van der Waals surface area (Å²) in [6.07, 6.45) is 5.41. The van der Waals surface area contributed by atoms with Gasteiger partial charge in [0.05, 0.1) is 24.7 Å². The Bertz CT molecular complexity index is 459. The molecule has 0 spiro atoms. The van der Waals surface area contributed by atoms with Gasteiger partial charge in [0.1, 0.15) is 18.3 Å². The summed E-state index contributed by atoms with van der Waals surface area (Å²) in [6.45, 7) is -0.421. The van der Waals surface area contributed by atoms with E-state index in [1.165, 1.54) is 51.4 Å². The van der Waals surface area contributed by atoms with Crippen molar-refractivity contribution in [1.29, 1.82) is 0 Å². The topological polar surface area (TPSA) is 119 Å². The zero-order valence-electron chi connectivity index (χ0n) is 15.4. The van der Waals surface area contributed by atoms with Crippen LogP contribution < -0.4 is 10.6 Å². The fourth-order valence-corrected chi connectivity index (χ4v) is 6.13. The first-order chi connectivity index (χ1) is 12.6. The van der Waals surface area contributed by atoms with Gasteiger partial charge in [-0.1, -0.05) is 12.8 Å². The van der Waals surface area contributed by atoms with Crippen molar-refractivity contribution in [2.45, 2.75) is 100 Å². The van der Waals surface area contributed by atoms with Crippen molar-refractivity contribution in [2.75, 3.05) is 6.61 Å². The summed E-state index contributed by atoms with van der Waals surface area (Å²) in [7, 11) is 0. The minimum absolute atomic E-state index is 0.242. The fraction of sp³-hybridized carbons (Fsp3) is 1.00. The molecule has 26 heavy (non-hydrogen) atoms. The maximum absolute atomic E-state index is 10.6. The molecule has 2 saturated carbocycles. The van der Waals surface area contributed by atoms with Gasteiger partial charge in [0.2, 0.25) is 0 Å². The normalized spacial score (nSPS) is 52.2. The molecule has 0 radical (unpaired) electrons. The second kappa shape index (κ2) is 7.99. The Kier molecular flexibility index (Phi) is 5.86. The lowest BCUT2D eigenvalue weighted by Crippen LogP contribution is -3.02. The number of aliphatic hydroxyl groups excluding tert-OH is 4. The Morgan fingerprint density at radius 2 is 1.38 bits per heavy atom. The summed E-state index contributed by atoms with van der Waals surface area (Å²) in [5.41, 5.74) is 0. The Morgan fingerprint density at radius 3 is 1.96 bits per heavy atom. The van der Waals surface area contributed by atoms with E-state index in [0.717, 1.165) is 0 Å². The lowest BCUT2D eigenvalue weighted by molar-refractivity contribution is -0.749. The number of fused-ring (bicyclic) bond motifs is 2. The molecule has 0 aromatic carbocycles. The van der Waals surface area contributed by atoms with Crippen LogP contribution in [0, 0.1) is 11.8 Å². The highest BCUT2D eigenvalue weighted by Crippen LogP contribution is 2.38. The quantitative estimate of drug-likeness (QED) is 0.357. The van der Waals surface area contributed by atoms with E-state index >= 15 is 0 Å². The third-order valence-electron chi connectivity index (χ3n) is 7.45. The van der Waals surface area contributed by atoms with E-state index in [4.69, 9.17) is 4.74 Å². The van der Waals surface area contributed by atoms with Crippen molar-refractivity contribution >= 4 is 0 Å². The summed E-state index contributed by atoms with van der Waals surface area (Å²) in [6, 6.07) is 0.761. The van der Waals surface area contributed by atoms with Crippen LogP contribution in [0.25, 0.3) is 0 Å². The molecule has 2 saturated heterocycles. The SMILES string of the molecule is OC[C@@H]1O[C@H](O)[C@H](NC2C3CCCCC3[NH2+]C3CCCCC32)[C@@H](O)[C@@H]1O. The van der Waals surface area contributed by atoms with Crippen LogP contribution in [0.4, 0.5) is 0 Å². The highest BCUT2D eigenvalue weighted by atomic mass is 16.6. The molecule has 7 N–H and O–H groups in total. The number of quaternary nitrogens is 1. The zero-order valence-corrected chi connectivity index (χ0v) is 15.4. The molecule has 2 aliphatic carbocycles. The van der Waals surface area contributed by atoms with Crippen molar-refractivity contribution in [2.24, 2.45) is 11.8 Å². The third-order valence-corrected chi connectivity index (χ3v) is 7.45. The van der Waals surface area contributed by atoms with Crippen LogP contribution in [0.2, 0.25) is 0 Å². The highest BCUT2D eigenvalue weighted by molar-refractivity contribution is 5.01. The minimum Gasteiger partial charge on any atom is -0.394 e. The monoisotopic (exact) mass is 371 g/mol. The molecule has 7 heteroatoms. The molecule has 2 heterocycles. The lowest BCUT2D eigenvalue weighted by Gasteiger charge is -2.52. The highest BCUT2D eigenvalue weighted by Gasteiger charge is 2.52. The van der Waals surface area contributed by atoms with Crippen LogP contribution >= 0.6 is 0 Å². The summed E-state index contributed by atoms with van der Waals surface area (Å²) < 4.78 is 5.37. The second-order valence-corrected chi connectivity index (χ2v) is 8.86. The van der Waals surface area contributed by atoms with Crippen LogP contribution in [-0.4, -0.2) is 75.8 Å². The van der Waals surface area contributed by atoms with Crippen LogP contribution in [0.15, 0.2) is 0 Å². The molecular formula is C19H35N2O5+. The summed E-state index contributed by atoms with van der Waals surface area (Å²) in [5, 5.41) is 46.6. The van der Waals surface area contributed by atoms with E-state index in [1.807, 2.05) is 0 Å². The molecule has 0 aromatic heterocycles. The molecule has 9 atom stereocenters. The van der Waals surface area contributed by atoms with Crippen molar-refractivity contribution < 1.29 is 30.5 Å². The maximum atomic E-state index is 10.6. The number of hydrogen-bond acceptors (Lipinski definition) is 6. The molecule has 4 rings (SSSR count). The Labute approximate surface area is 155 Å².